The summed E-state index contributed by atoms with van der Waals surface area (Å²) in [6, 6.07) is 6.51. The topological polar surface area (TPSA) is 55.8 Å². The molecule has 17 heavy (non-hydrogen) atoms. The van der Waals surface area contributed by atoms with Gasteiger partial charge >= 0.3 is 5.97 Å². The van der Waals surface area contributed by atoms with E-state index >= 15 is 0 Å². The van der Waals surface area contributed by atoms with Gasteiger partial charge in [0.25, 0.3) is 0 Å². The van der Waals surface area contributed by atoms with Crippen LogP contribution in [0.3, 0.4) is 0 Å². The van der Waals surface area contributed by atoms with E-state index in [2.05, 4.69) is 0 Å². The lowest BCUT2D eigenvalue weighted by Gasteiger charge is -2.22. The summed E-state index contributed by atoms with van der Waals surface area (Å²) in [5, 5.41) is 8.75. The fourth-order valence-electron chi connectivity index (χ4n) is 1.82. The van der Waals surface area contributed by atoms with Gasteiger partial charge < -0.3 is 14.6 Å². The maximum atomic E-state index is 10.7. The fourth-order valence-corrected chi connectivity index (χ4v) is 1.82. The Labute approximate surface area is 100 Å². The van der Waals surface area contributed by atoms with Crippen molar-refractivity contribution in [3.8, 4) is 5.75 Å². The molecule has 0 amide bonds. The highest BCUT2D eigenvalue weighted by Gasteiger charge is 2.14. The summed E-state index contributed by atoms with van der Waals surface area (Å²) in [5.74, 6) is 0.352. The second kappa shape index (κ2) is 5.68. The first-order valence-corrected chi connectivity index (χ1v) is 5.79. The Morgan fingerprint density at radius 3 is 2.53 bits per heavy atom. The molecule has 92 valence electrons. The maximum absolute atomic E-state index is 10.7. The van der Waals surface area contributed by atoms with Gasteiger partial charge in [0.15, 0.2) is 0 Å². The number of rotatable bonds is 4. The molecule has 0 saturated carbocycles. The quantitative estimate of drug-likeness (QED) is 0.870. The second-order valence-electron chi connectivity index (χ2n) is 4.20. The molecule has 4 heteroatoms. The highest BCUT2D eigenvalue weighted by molar-refractivity contribution is 5.87. The summed E-state index contributed by atoms with van der Waals surface area (Å²) in [4.78, 5) is 10.7. The number of ether oxygens (including phenoxy) is 2. The normalized spacial score (nSPS) is 16.7. The zero-order valence-electron chi connectivity index (χ0n) is 9.59. The van der Waals surface area contributed by atoms with Crippen LogP contribution in [0.5, 0.6) is 5.75 Å². The van der Waals surface area contributed by atoms with E-state index in [9.17, 15) is 4.79 Å². The molecule has 0 bridgehead atoms. The molecule has 1 aromatic rings. The highest BCUT2D eigenvalue weighted by atomic mass is 16.5. The Balaban J connectivity index is 1.84. The van der Waals surface area contributed by atoms with E-state index in [0.717, 1.165) is 31.8 Å². The van der Waals surface area contributed by atoms with Crippen molar-refractivity contribution >= 4 is 5.97 Å². The molecular formula is C13H16O4. The molecule has 4 nitrogen and oxygen atoms in total. The van der Waals surface area contributed by atoms with Crippen molar-refractivity contribution in [1.29, 1.82) is 0 Å². The molecule has 1 aliphatic heterocycles. The predicted molar refractivity (Wildman–Crippen MR) is 62.4 cm³/mol. The summed E-state index contributed by atoms with van der Waals surface area (Å²) in [5.41, 5.74) is 0.281. The summed E-state index contributed by atoms with van der Waals surface area (Å²) in [6.07, 6.45) is 2.07. The van der Waals surface area contributed by atoms with E-state index in [0.29, 0.717) is 12.5 Å². The van der Waals surface area contributed by atoms with Gasteiger partial charge in [-0.25, -0.2) is 4.79 Å². The standard InChI is InChI=1S/C13H16O4/c14-13(15)11-1-3-12(4-2-11)17-9-10-5-7-16-8-6-10/h1-4,10H,5-9H2,(H,14,15). The number of hydrogen-bond donors (Lipinski definition) is 1. The van der Waals surface area contributed by atoms with Crippen molar-refractivity contribution in [2.75, 3.05) is 19.8 Å². The molecule has 1 aliphatic rings. The second-order valence-corrected chi connectivity index (χ2v) is 4.20. The van der Waals surface area contributed by atoms with Crippen molar-refractivity contribution in [2.24, 2.45) is 5.92 Å². The minimum absolute atomic E-state index is 0.281. The third kappa shape index (κ3) is 3.46. The fraction of sp³-hybridized carbons (Fsp3) is 0.462. The van der Waals surface area contributed by atoms with Crippen LogP contribution in [0.1, 0.15) is 23.2 Å². The van der Waals surface area contributed by atoms with Crippen LogP contribution in [-0.2, 0) is 4.74 Å². The third-order valence-electron chi connectivity index (χ3n) is 2.93. The number of carbonyl (C=O) groups is 1. The Bertz CT molecular complexity index is 366. The van der Waals surface area contributed by atoms with Crippen molar-refractivity contribution in [3.05, 3.63) is 29.8 Å². The molecular weight excluding hydrogens is 220 g/mol. The molecule has 1 N–H and O–H groups in total. The lowest BCUT2D eigenvalue weighted by atomic mass is 10.0. The first-order valence-electron chi connectivity index (χ1n) is 5.79. The van der Waals surface area contributed by atoms with Gasteiger partial charge in [-0.15, -0.1) is 0 Å². The van der Waals surface area contributed by atoms with Gasteiger partial charge in [-0.3, -0.25) is 0 Å². The van der Waals surface area contributed by atoms with Gasteiger partial charge in [-0.1, -0.05) is 0 Å². The molecule has 0 atom stereocenters. The van der Waals surface area contributed by atoms with E-state index in [1.807, 2.05) is 0 Å². The summed E-state index contributed by atoms with van der Waals surface area (Å²) in [7, 11) is 0. The lowest BCUT2D eigenvalue weighted by Crippen LogP contribution is -2.21. The van der Waals surface area contributed by atoms with Crippen LogP contribution >= 0.6 is 0 Å². The number of benzene rings is 1. The molecule has 1 saturated heterocycles. The van der Waals surface area contributed by atoms with E-state index < -0.39 is 5.97 Å². The van der Waals surface area contributed by atoms with Crippen LogP contribution in [0.15, 0.2) is 24.3 Å². The minimum Gasteiger partial charge on any atom is -0.493 e. The van der Waals surface area contributed by atoms with Crippen molar-refractivity contribution in [3.63, 3.8) is 0 Å². The Hall–Kier alpha value is -1.55. The highest BCUT2D eigenvalue weighted by Crippen LogP contribution is 2.18. The molecule has 0 aliphatic carbocycles. The van der Waals surface area contributed by atoms with Gasteiger partial charge in [0.2, 0.25) is 0 Å². The molecule has 1 heterocycles. The largest absolute Gasteiger partial charge is 0.493 e. The zero-order valence-corrected chi connectivity index (χ0v) is 9.59. The van der Waals surface area contributed by atoms with Crippen LogP contribution in [0, 0.1) is 5.92 Å². The summed E-state index contributed by atoms with van der Waals surface area (Å²) < 4.78 is 10.9. The average molecular weight is 236 g/mol. The number of aromatic carboxylic acids is 1. The Kier molecular flexibility index (Phi) is 3.98. The van der Waals surface area contributed by atoms with Crippen LogP contribution < -0.4 is 4.74 Å². The number of carboxylic acids is 1. The molecule has 0 unspecified atom stereocenters. The van der Waals surface area contributed by atoms with Crippen LogP contribution in [-0.4, -0.2) is 30.9 Å². The summed E-state index contributed by atoms with van der Waals surface area (Å²) >= 11 is 0. The summed E-state index contributed by atoms with van der Waals surface area (Å²) in [6.45, 7) is 2.30. The van der Waals surface area contributed by atoms with Gasteiger partial charge in [-0.2, -0.15) is 0 Å². The molecule has 0 radical (unpaired) electrons. The average Bonchev–Trinajstić information content (AvgIpc) is 2.38. The van der Waals surface area contributed by atoms with Gasteiger partial charge in [0.05, 0.1) is 12.2 Å². The van der Waals surface area contributed by atoms with Gasteiger partial charge in [0, 0.05) is 13.2 Å². The number of hydrogen-bond acceptors (Lipinski definition) is 3. The zero-order chi connectivity index (χ0) is 12.1. The van der Waals surface area contributed by atoms with E-state index in [1.165, 1.54) is 0 Å². The Morgan fingerprint density at radius 2 is 1.94 bits per heavy atom. The number of carboxylic acid groups (broad SMARTS) is 1. The van der Waals surface area contributed by atoms with Crippen molar-refractivity contribution in [1.82, 2.24) is 0 Å². The minimum atomic E-state index is -0.916. The first kappa shape index (κ1) is 11.9. The smallest absolute Gasteiger partial charge is 0.335 e. The maximum Gasteiger partial charge on any atom is 0.335 e. The van der Waals surface area contributed by atoms with E-state index in [1.54, 1.807) is 24.3 Å². The van der Waals surface area contributed by atoms with Crippen LogP contribution in [0.25, 0.3) is 0 Å². The van der Waals surface area contributed by atoms with Crippen molar-refractivity contribution in [2.45, 2.75) is 12.8 Å². The molecule has 1 fully saturated rings. The van der Waals surface area contributed by atoms with E-state index in [4.69, 9.17) is 14.6 Å². The molecule has 1 aromatic carbocycles. The molecule has 0 spiro atoms. The SMILES string of the molecule is O=C(O)c1ccc(OCC2CCOCC2)cc1. The van der Waals surface area contributed by atoms with Crippen LogP contribution in [0.2, 0.25) is 0 Å². The lowest BCUT2D eigenvalue weighted by molar-refractivity contribution is 0.0497. The third-order valence-corrected chi connectivity index (χ3v) is 2.93. The first-order chi connectivity index (χ1) is 8.25. The predicted octanol–water partition coefficient (Wildman–Crippen LogP) is 2.19. The Morgan fingerprint density at radius 1 is 1.29 bits per heavy atom. The molecule has 0 aromatic heterocycles. The van der Waals surface area contributed by atoms with E-state index in [-0.39, 0.29) is 5.56 Å². The van der Waals surface area contributed by atoms with Crippen molar-refractivity contribution < 1.29 is 19.4 Å². The molecule has 2 rings (SSSR count). The van der Waals surface area contributed by atoms with Gasteiger partial charge in [0.1, 0.15) is 5.75 Å². The monoisotopic (exact) mass is 236 g/mol. The van der Waals surface area contributed by atoms with Gasteiger partial charge in [-0.05, 0) is 43.0 Å². The van der Waals surface area contributed by atoms with Crippen LogP contribution in [0.4, 0.5) is 0 Å².